The third-order valence-electron chi connectivity index (χ3n) is 2.76. The monoisotopic (exact) mass is 337 g/mol. The van der Waals surface area contributed by atoms with Gasteiger partial charge in [0.25, 0.3) is 0 Å². The highest BCUT2D eigenvalue weighted by Crippen LogP contribution is 2.23. The number of halogens is 2. The van der Waals surface area contributed by atoms with Gasteiger partial charge < -0.3 is 9.57 Å². The van der Waals surface area contributed by atoms with Crippen molar-refractivity contribution in [2.75, 3.05) is 11.9 Å². The molecule has 0 spiro atoms. The molecule has 19 heavy (non-hydrogen) atoms. The van der Waals surface area contributed by atoms with E-state index in [1.54, 1.807) is 6.92 Å². The summed E-state index contributed by atoms with van der Waals surface area (Å²) in [6.07, 6.45) is 0.809. The highest BCUT2D eigenvalue weighted by Gasteiger charge is 2.28. The number of carbonyl (C=O) groups excluding carboxylic acids is 2. The van der Waals surface area contributed by atoms with Crippen LogP contribution in [0.5, 0.6) is 0 Å². The molecule has 7 heteroatoms. The lowest BCUT2D eigenvalue weighted by atomic mass is 9.96. The number of oxime groups is 1. The van der Waals surface area contributed by atoms with Crippen molar-refractivity contribution in [1.29, 1.82) is 0 Å². The average molecular weight is 338 g/mol. The van der Waals surface area contributed by atoms with Crippen LogP contribution in [0.1, 0.15) is 32.6 Å². The highest BCUT2D eigenvalue weighted by atomic mass is 79.9. The Hall–Kier alpha value is -0.980. The van der Waals surface area contributed by atoms with Crippen LogP contribution >= 0.6 is 15.9 Å². The Morgan fingerprint density at radius 1 is 1.37 bits per heavy atom. The van der Waals surface area contributed by atoms with Crippen LogP contribution in [-0.4, -0.2) is 41.7 Å². The summed E-state index contributed by atoms with van der Waals surface area (Å²) in [6.45, 7) is 1.75. The quantitative estimate of drug-likeness (QED) is 0.245. The summed E-state index contributed by atoms with van der Waals surface area (Å²) >= 11 is 2.94. The molecule has 1 saturated carbocycles. The van der Waals surface area contributed by atoms with Gasteiger partial charge in [0.15, 0.2) is 6.10 Å². The Balaban J connectivity index is 2.70. The molecule has 1 fully saturated rings. The predicted molar refractivity (Wildman–Crippen MR) is 71.1 cm³/mol. The number of hydrogen-bond donors (Lipinski definition) is 0. The first-order valence-electron chi connectivity index (χ1n) is 6.24. The molecule has 0 N–H and O–H groups in total. The van der Waals surface area contributed by atoms with E-state index in [4.69, 9.17) is 9.57 Å². The SMILES string of the molecule is CCOC(=O)C(=NO[C@@H]1CCCC[C@H]1F)C(=O)CBr. The van der Waals surface area contributed by atoms with Crippen LogP contribution in [0, 0.1) is 0 Å². The first-order chi connectivity index (χ1) is 9.10. The molecule has 0 saturated heterocycles. The Kier molecular flexibility index (Phi) is 6.97. The van der Waals surface area contributed by atoms with Crippen molar-refractivity contribution in [1.82, 2.24) is 0 Å². The van der Waals surface area contributed by atoms with Gasteiger partial charge in [-0.05, 0) is 26.2 Å². The molecule has 0 bridgehead atoms. The largest absolute Gasteiger partial charge is 0.461 e. The van der Waals surface area contributed by atoms with Gasteiger partial charge in [0.1, 0.15) is 6.17 Å². The number of Topliss-reactive ketones (excluding diaryl/α,β-unsaturated/α-hetero) is 1. The van der Waals surface area contributed by atoms with Crippen LogP contribution in [0.25, 0.3) is 0 Å². The van der Waals surface area contributed by atoms with Crippen molar-refractivity contribution in [3.63, 3.8) is 0 Å². The Labute approximate surface area is 119 Å². The molecule has 0 radical (unpaired) electrons. The highest BCUT2D eigenvalue weighted by molar-refractivity contribution is 9.09. The van der Waals surface area contributed by atoms with Crippen molar-refractivity contribution in [3.8, 4) is 0 Å². The summed E-state index contributed by atoms with van der Waals surface area (Å²) in [4.78, 5) is 28.1. The van der Waals surface area contributed by atoms with Crippen molar-refractivity contribution in [3.05, 3.63) is 0 Å². The molecule has 5 nitrogen and oxygen atoms in total. The maximum Gasteiger partial charge on any atom is 0.364 e. The molecule has 0 aromatic heterocycles. The third kappa shape index (κ3) is 4.89. The first-order valence-corrected chi connectivity index (χ1v) is 7.36. The zero-order chi connectivity index (χ0) is 14.3. The smallest absolute Gasteiger partial charge is 0.364 e. The second-order valence-electron chi connectivity index (χ2n) is 4.16. The molecule has 1 aliphatic carbocycles. The maximum atomic E-state index is 13.5. The van der Waals surface area contributed by atoms with Crippen LogP contribution in [0.15, 0.2) is 5.16 Å². The number of ether oxygens (including phenoxy) is 1. The fourth-order valence-electron chi connectivity index (χ4n) is 1.76. The van der Waals surface area contributed by atoms with E-state index >= 15 is 0 Å². The standard InChI is InChI=1S/C12H17BrFNO4/c1-2-18-12(17)11(9(16)7-13)15-19-10-6-4-3-5-8(10)14/h8,10H,2-7H2,1H3/t8-,10-/m1/s1. The molecular formula is C12H17BrFNO4. The van der Waals surface area contributed by atoms with Gasteiger partial charge in [0.2, 0.25) is 11.5 Å². The molecule has 2 atom stereocenters. The van der Waals surface area contributed by atoms with Crippen molar-refractivity contribution >= 4 is 33.4 Å². The fourth-order valence-corrected chi connectivity index (χ4v) is 2.02. The van der Waals surface area contributed by atoms with Crippen molar-refractivity contribution in [2.45, 2.75) is 44.9 Å². The summed E-state index contributed by atoms with van der Waals surface area (Å²) in [5, 5.41) is 3.44. The third-order valence-corrected chi connectivity index (χ3v) is 3.26. The minimum atomic E-state index is -1.11. The molecule has 0 aromatic carbocycles. The van der Waals surface area contributed by atoms with E-state index in [1.165, 1.54) is 0 Å². The molecule has 0 heterocycles. The van der Waals surface area contributed by atoms with Gasteiger partial charge in [-0.1, -0.05) is 27.5 Å². The van der Waals surface area contributed by atoms with E-state index < -0.39 is 29.7 Å². The van der Waals surface area contributed by atoms with Gasteiger partial charge in [0.05, 0.1) is 11.9 Å². The van der Waals surface area contributed by atoms with E-state index in [0.717, 1.165) is 12.8 Å². The molecule has 0 aromatic rings. The number of rotatable bonds is 6. The molecule has 0 unspecified atom stereocenters. The second kappa shape index (κ2) is 8.24. The van der Waals surface area contributed by atoms with Gasteiger partial charge in [-0.3, -0.25) is 4.79 Å². The van der Waals surface area contributed by atoms with Crippen molar-refractivity contribution < 1.29 is 23.6 Å². The van der Waals surface area contributed by atoms with Gasteiger partial charge in [-0.2, -0.15) is 0 Å². The van der Waals surface area contributed by atoms with Crippen LogP contribution in [0.3, 0.4) is 0 Å². The van der Waals surface area contributed by atoms with E-state index in [-0.39, 0.29) is 11.9 Å². The van der Waals surface area contributed by atoms with Crippen LogP contribution in [0.2, 0.25) is 0 Å². The number of esters is 1. The lowest BCUT2D eigenvalue weighted by Crippen LogP contribution is -2.31. The zero-order valence-electron chi connectivity index (χ0n) is 10.7. The summed E-state index contributed by atoms with van der Waals surface area (Å²) in [5.74, 6) is -1.40. The fraction of sp³-hybridized carbons (Fsp3) is 0.750. The number of hydrogen-bond acceptors (Lipinski definition) is 5. The van der Waals surface area contributed by atoms with E-state index in [9.17, 15) is 14.0 Å². The molecule has 0 aliphatic heterocycles. The van der Waals surface area contributed by atoms with E-state index in [0.29, 0.717) is 12.8 Å². The lowest BCUT2D eigenvalue weighted by molar-refractivity contribution is -0.136. The van der Waals surface area contributed by atoms with Gasteiger partial charge in [-0.15, -0.1) is 0 Å². The van der Waals surface area contributed by atoms with Crippen LogP contribution in [-0.2, 0) is 19.2 Å². The molecule has 0 amide bonds. The predicted octanol–water partition coefficient (Wildman–Crippen LogP) is 2.17. The zero-order valence-corrected chi connectivity index (χ0v) is 12.3. The molecule has 1 rings (SSSR count). The second-order valence-corrected chi connectivity index (χ2v) is 4.72. The average Bonchev–Trinajstić information content (AvgIpc) is 2.41. The normalized spacial score (nSPS) is 23.8. The van der Waals surface area contributed by atoms with Crippen LogP contribution in [0.4, 0.5) is 4.39 Å². The number of ketones is 1. The summed E-state index contributed by atoms with van der Waals surface area (Å²) < 4.78 is 18.2. The Morgan fingerprint density at radius 2 is 2.05 bits per heavy atom. The molecule has 108 valence electrons. The summed E-state index contributed by atoms with van der Waals surface area (Å²) in [7, 11) is 0. The molecule has 1 aliphatic rings. The summed E-state index contributed by atoms with van der Waals surface area (Å²) in [5.41, 5.74) is -0.434. The van der Waals surface area contributed by atoms with Gasteiger partial charge >= 0.3 is 5.97 Å². The number of alkyl halides is 2. The minimum Gasteiger partial charge on any atom is -0.461 e. The Morgan fingerprint density at radius 3 is 2.63 bits per heavy atom. The van der Waals surface area contributed by atoms with Crippen molar-refractivity contribution in [2.24, 2.45) is 5.16 Å². The Bertz CT molecular complexity index is 362. The van der Waals surface area contributed by atoms with E-state index in [2.05, 4.69) is 21.1 Å². The summed E-state index contributed by atoms with van der Waals surface area (Å²) in [6, 6.07) is 0. The van der Waals surface area contributed by atoms with E-state index in [1.807, 2.05) is 0 Å². The first kappa shape index (κ1) is 16.1. The van der Waals surface area contributed by atoms with Gasteiger partial charge in [-0.25, -0.2) is 9.18 Å². The molecular weight excluding hydrogens is 321 g/mol. The minimum absolute atomic E-state index is 0.0717. The number of carbonyl (C=O) groups is 2. The van der Waals surface area contributed by atoms with Gasteiger partial charge in [0, 0.05) is 0 Å². The lowest BCUT2D eigenvalue weighted by Gasteiger charge is -2.23. The maximum absolute atomic E-state index is 13.5. The number of nitrogens with zero attached hydrogens (tertiary/aromatic N) is 1. The van der Waals surface area contributed by atoms with Crippen LogP contribution < -0.4 is 0 Å². The topological polar surface area (TPSA) is 65.0 Å².